The molecular weight excluding hydrogens is 374 g/mol. The van der Waals surface area contributed by atoms with Gasteiger partial charge in [-0.2, -0.15) is 0 Å². The number of para-hydroxylation sites is 1. The molecule has 0 unspecified atom stereocenters. The number of aryl methyl sites for hydroxylation is 3. The molecule has 0 fully saturated rings. The zero-order valence-corrected chi connectivity index (χ0v) is 17.5. The lowest BCUT2D eigenvalue weighted by molar-refractivity contribution is 0.0953. The normalized spacial score (nSPS) is 11.0. The summed E-state index contributed by atoms with van der Waals surface area (Å²) in [5.74, 6) is -0.190. The zero-order chi connectivity index (χ0) is 21.3. The van der Waals surface area contributed by atoms with Crippen molar-refractivity contribution in [3.63, 3.8) is 0 Å². The Kier molecular flexibility index (Phi) is 5.27. The minimum absolute atomic E-state index is 0.169. The van der Waals surface area contributed by atoms with Crippen LogP contribution in [0.1, 0.15) is 32.7 Å². The molecule has 0 bridgehead atoms. The minimum atomic E-state index is -0.190. The first-order chi connectivity index (χ1) is 14.4. The van der Waals surface area contributed by atoms with Gasteiger partial charge >= 0.3 is 0 Å². The van der Waals surface area contributed by atoms with Crippen LogP contribution in [0.4, 0.5) is 0 Å². The van der Waals surface area contributed by atoms with Crippen molar-refractivity contribution in [2.45, 2.75) is 27.2 Å². The van der Waals surface area contributed by atoms with Crippen molar-refractivity contribution in [1.82, 2.24) is 14.9 Å². The predicted octanol–water partition coefficient (Wildman–Crippen LogP) is 4.22. The summed E-state index contributed by atoms with van der Waals surface area (Å²) in [5, 5.41) is 4.21. The third-order valence-corrected chi connectivity index (χ3v) is 5.44. The molecule has 0 atom stereocenters. The van der Waals surface area contributed by atoms with Gasteiger partial charge in [0, 0.05) is 41.1 Å². The number of aromatic amines is 1. The van der Waals surface area contributed by atoms with Gasteiger partial charge in [0.25, 0.3) is 11.5 Å². The number of hydrogen-bond acceptors (Lipinski definition) is 2. The molecular formula is C25H25N3O2. The number of pyridine rings is 1. The van der Waals surface area contributed by atoms with E-state index in [4.69, 9.17) is 0 Å². The van der Waals surface area contributed by atoms with Gasteiger partial charge in [-0.3, -0.25) is 14.2 Å². The first kappa shape index (κ1) is 19.7. The average molecular weight is 399 g/mol. The van der Waals surface area contributed by atoms with E-state index in [1.54, 1.807) is 12.3 Å². The van der Waals surface area contributed by atoms with Gasteiger partial charge in [-0.25, -0.2) is 0 Å². The van der Waals surface area contributed by atoms with Crippen LogP contribution in [0.2, 0.25) is 0 Å². The van der Waals surface area contributed by atoms with E-state index in [0.717, 1.165) is 23.3 Å². The second-order valence-corrected chi connectivity index (χ2v) is 7.70. The van der Waals surface area contributed by atoms with E-state index in [0.29, 0.717) is 12.1 Å². The van der Waals surface area contributed by atoms with Crippen molar-refractivity contribution in [3.8, 4) is 5.69 Å². The molecule has 4 aromatic rings. The van der Waals surface area contributed by atoms with E-state index in [2.05, 4.69) is 43.2 Å². The Morgan fingerprint density at radius 2 is 1.80 bits per heavy atom. The van der Waals surface area contributed by atoms with Crippen molar-refractivity contribution in [2.24, 2.45) is 0 Å². The number of benzene rings is 2. The SMILES string of the molecule is Cc1cc(C)c2[nH]c(C)c(CCNC(=O)c3ccc(=O)n(-c4ccccc4)c3)c2c1. The Labute approximate surface area is 175 Å². The van der Waals surface area contributed by atoms with Crippen LogP contribution >= 0.6 is 0 Å². The van der Waals surface area contributed by atoms with E-state index in [9.17, 15) is 9.59 Å². The molecule has 152 valence electrons. The number of carbonyl (C=O) groups excluding carboxylic acids is 1. The Morgan fingerprint density at radius 3 is 2.57 bits per heavy atom. The molecule has 2 aromatic carbocycles. The van der Waals surface area contributed by atoms with E-state index in [1.807, 2.05) is 30.3 Å². The minimum Gasteiger partial charge on any atom is -0.358 e. The summed E-state index contributed by atoms with van der Waals surface area (Å²) in [6.07, 6.45) is 2.33. The monoisotopic (exact) mass is 399 g/mol. The van der Waals surface area contributed by atoms with Gasteiger partial charge in [0.15, 0.2) is 0 Å². The van der Waals surface area contributed by atoms with Crippen LogP contribution in [-0.2, 0) is 6.42 Å². The summed E-state index contributed by atoms with van der Waals surface area (Å²) >= 11 is 0. The van der Waals surface area contributed by atoms with E-state index >= 15 is 0 Å². The lowest BCUT2D eigenvalue weighted by Gasteiger charge is -2.09. The topological polar surface area (TPSA) is 66.9 Å². The summed E-state index contributed by atoms with van der Waals surface area (Å²) in [4.78, 5) is 28.4. The zero-order valence-electron chi connectivity index (χ0n) is 17.5. The molecule has 2 N–H and O–H groups in total. The highest BCUT2D eigenvalue weighted by atomic mass is 16.2. The number of hydrogen-bond donors (Lipinski definition) is 2. The first-order valence-electron chi connectivity index (χ1n) is 10.1. The van der Waals surface area contributed by atoms with E-state index in [1.165, 1.54) is 32.7 Å². The summed E-state index contributed by atoms with van der Waals surface area (Å²) in [5.41, 5.74) is 7.00. The highest BCUT2D eigenvalue weighted by Gasteiger charge is 2.12. The fourth-order valence-electron chi connectivity index (χ4n) is 3.97. The maximum Gasteiger partial charge on any atom is 0.255 e. The molecule has 0 aliphatic rings. The molecule has 0 aliphatic carbocycles. The Morgan fingerprint density at radius 1 is 1.03 bits per heavy atom. The summed E-state index contributed by atoms with van der Waals surface area (Å²) in [7, 11) is 0. The number of fused-ring (bicyclic) bond motifs is 1. The molecule has 0 aliphatic heterocycles. The van der Waals surface area contributed by atoms with Crippen molar-refractivity contribution >= 4 is 16.8 Å². The number of amides is 1. The molecule has 0 radical (unpaired) electrons. The Hall–Kier alpha value is -3.60. The number of nitrogens with one attached hydrogen (secondary N) is 2. The lowest BCUT2D eigenvalue weighted by Crippen LogP contribution is -2.28. The fourth-order valence-corrected chi connectivity index (χ4v) is 3.97. The summed E-state index contributed by atoms with van der Waals surface area (Å²) < 4.78 is 1.49. The molecule has 0 saturated heterocycles. The highest BCUT2D eigenvalue weighted by Crippen LogP contribution is 2.26. The maximum absolute atomic E-state index is 12.7. The van der Waals surface area contributed by atoms with Crippen molar-refractivity contribution in [3.05, 3.63) is 99.1 Å². The third kappa shape index (κ3) is 3.79. The van der Waals surface area contributed by atoms with Gasteiger partial charge in [0.2, 0.25) is 0 Å². The van der Waals surface area contributed by atoms with Gasteiger partial charge in [0.05, 0.1) is 5.56 Å². The molecule has 0 spiro atoms. The van der Waals surface area contributed by atoms with E-state index < -0.39 is 0 Å². The summed E-state index contributed by atoms with van der Waals surface area (Å²) in [6.45, 7) is 6.80. The van der Waals surface area contributed by atoms with Crippen molar-refractivity contribution in [2.75, 3.05) is 6.54 Å². The van der Waals surface area contributed by atoms with Gasteiger partial charge in [0.1, 0.15) is 0 Å². The number of nitrogens with zero attached hydrogens (tertiary/aromatic N) is 1. The van der Waals surface area contributed by atoms with Crippen LogP contribution in [0.3, 0.4) is 0 Å². The van der Waals surface area contributed by atoms with Gasteiger partial charge in [-0.15, -0.1) is 0 Å². The van der Waals surface area contributed by atoms with Gasteiger partial charge in [-0.1, -0.05) is 29.8 Å². The summed E-state index contributed by atoms with van der Waals surface area (Å²) in [6, 6.07) is 16.7. The molecule has 4 rings (SSSR count). The van der Waals surface area contributed by atoms with Crippen LogP contribution < -0.4 is 10.9 Å². The molecule has 2 heterocycles. The fraction of sp³-hybridized carbons (Fsp3) is 0.200. The molecule has 0 saturated carbocycles. The molecule has 30 heavy (non-hydrogen) atoms. The van der Waals surface area contributed by atoms with Gasteiger partial charge < -0.3 is 10.3 Å². The van der Waals surface area contributed by atoms with Crippen LogP contribution in [0.15, 0.2) is 65.6 Å². The highest BCUT2D eigenvalue weighted by molar-refractivity contribution is 5.94. The lowest BCUT2D eigenvalue weighted by atomic mass is 10.0. The van der Waals surface area contributed by atoms with Crippen molar-refractivity contribution in [1.29, 1.82) is 0 Å². The van der Waals surface area contributed by atoms with Crippen LogP contribution in [-0.4, -0.2) is 22.0 Å². The smallest absolute Gasteiger partial charge is 0.255 e. The largest absolute Gasteiger partial charge is 0.358 e. The average Bonchev–Trinajstić information content (AvgIpc) is 3.05. The van der Waals surface area contributed by atoms with Crippen molar-refractivity contribution < 1.29 is 4.79 Å². The number of rotatable bonds is 5. The first-order valence-corrected chi connectivity index (χ1v) is 10.1. The predicted molar refractivity (Wildman–Crippen MR) is 121 cm³/mol. The van der Waals surface area contributed by atoms with E-state index in [-0.39, 0.29) is 11.5 Å². The maximum atomic E-state index is 12.7. The third-order valence-electron chi connectivity index (χ3n) is 5.44. The standard InChI is InChI=1S/C25H25N3O2/c1-16-13-17(2)24-22(14-16)21(18(3)27-24)11-12-26-25(30)19-9-10-23(29)28(15-19)20-7-5-4-6-8-20/h4-10,13-15,27H,11-12H2,1-3H3,(H,26,30). The molecule has 5 heteroatoms. The van der Waals surface area contributed by atoms with Gasteiger partial charge in [-0.05, 0) is 62.6 Å². The molecule has 5 nitrogen and oxygen atoms in total. The number of aromatic nitrogens is 2. The van der Waals surface area contributed by atoms with Crippen LogP contribution in [0.5, 0.6) is 0 Å². The van der Waals surface area contributed by atoms with Crippen LogP contribution in [0.25, 0.3) is 16.6 Å². The molecule has 1 amide bonds. The Bertz CT molecular complexity index is 1280. The molecule has 2 aromatic heterocycles. The Balaban J connectivity index is 1.51. The second kappa shape index (κ2) is 8.03. The second-order valence-electron chi connectivity index (χ2n) is 7.70. The number of H-pyrrole nitrogens is 1. The van der Waals surface area contributed by atoms with Crippen LogP contribution in [0, 0.1) is 20.8 Å². The number of carbonyl (C=O) groups is 1. The quantitative estimate of drug-likeness (QED) is 0.528.